The summed E-state index contributed by atoms with van der Waals surface area (Å²) in [6.45, 7) is 22.2. The first kappa shape index (κ1) is 32.0. The number of epoxide rings is 1. The van der Waals surface area contributed by atoms with E-state index in [2.05, 4.69) is 72.7 Å². The van der Waals surface area contributed by atoms with E-state index in [4.69, 9.17) is 18.3 Å². The van der Waals surface area contributed by atoms with Gasteiger partial charge in [0.25, 0.3) is 11.5 Å². The van der Waals surface area contributed by atoms with Crippen molar-refractivity contribution in [3.05, 3.63) is 62.9 Å². The van der Waals surface area contributed by atoms with Crippen molar-refractivity contribution in [3.8, 4) is 0 Å². The van der Waals surface area contributed by atoms with Crippen LogP contribution in [0.3, 0.4) is 0 Å². The summed E-state index contributed by atoms with van der Waals surface area (Å²) in [6.07, 6.45) is -1.84. The highest BCUT2D eigenvalue weighted by molar-refractivity contribution is 6.74. The van der Waals surface area contributed by atoms with E-state index in [0.29, 0.717) is 6.54 Å². The number of amides is 1. The van der Waals surface area contributed by atoms with E-state index in [1.165, 1.54) is 16.8 Å². The molecule has 1 aromatic heterocycles. The van der Waals surface area contributed by atoms with Crippen LogP contribution in [-0.4, -0.2) is 69.2 Å². The van der Waals surface area contributed by atoms with E-state index < -0.39 is 64.6 Å². The van der Waals surface area contributed by atoms with Gasteiger partial charge in [0, 0.05) is 24.5 Å². The monoisotopic (exact) mass is 629 g/mol. The Kier molecular flexibility index (Phi) is 8.14. The molecule has 1 aromatic carbocycles. The van der Waals surface area contributed by atoms with Crippen molar-refractivity contribution in [3.63, 3.8) is 0 Å². The quantitative estimate of drug-likeness (QED) is 0.352. The second-order valence-electron chi connectivity index (χ2n) is 15.1. The van der Waals surface area contributed by atoms with Crippen LogP contribution in [0.4, 0.5) is 5.69 Å². The van der Waals surface area contributed by atoms with Crippen LogP contribution in [0.5, 0.6) is 0 Å². The number of carbonyl (C=O) groups is 1. The zero-order valence-corrected chi connectivity index (χ0v) is 29.1. The number of nitrogens with one attached hydrogen (secondary N) is 1. The number of nitrogens with zero attached hydrogens (tertiary/aromatic N) is 2. The molecule has 6 atom stereocenters. The van der Waals surface area contributed by atoms with Crippen molar-refractivity contribution in [2.24, 2.45) is 0 Å². The molecule has 3 aliphatic rings. The van der Waals surface area contributed by atoms with E-state index in [0.717, 1.165) is 17.7 Å². The lowest BCUT2D eigenvalue weighted by molar-refractivity contribution is -0.119. The summed E-state index contributed by atoms with van der Waals surface area (Å²) in [7, 11) is -4.84. The molecule has 0 unspecified atom stereocenters. The Morgan fingerprint density at radius 1 is 0.884 bits per heavy atom. The Morgan fingerprint density at radius 3 is 2.09 bits per heavy atom. The second-order valence-corrected chi connectivity index (χ2v) is 24.6. The number of aromatic amines is 1. The Bertz CT molecular complexity index is 1490. The average molecular weight is 630 g/mol. The summed E-state index contributed by atoms with van der Waals surface area (Å²) in [5.74, 6) is -0.101. The molecule has 0 bridgehead atoms. The third-order valence-corrected chi connectivity index (χ3v) is 19.0. The molecule has 0 saturated carbocycles. The number of hydrogen-bond acceptors (Lipinski definition) is 7. The van der Waals surface area contributed by atoms with Crippen LogP contribution >= 0.6 is 0 Å². The number of aromatic nitrogens is 2. The van der Waals surface area contributed by atoms with Gasteiger partial charge >= 0.3 is 5.69 Å². The predicted octanol–water partition coefficient (Wildman–Crippen LogP) is 4.57. The van der Waals surface area contributed by atoms with Crippen LogP contribution in [0.15, 0.2) is 46.1 Å². The smallest absolute Gasteiger partial charge is 0.330 e. The molecule has 2 aromatic rings. The number of hydrogen-bond donors (Lipinski definition) is 1. The highest BCUT2D eigenvalue weighted by Gasteiger charge is 2.63. The molecular weight excluding hydrogens is 583 g/mol. The van der Waals surface area contributed by atoms with Crippen LogP contribution in [0, 0.1) is 0 Å². The molecule has 1 N–H and O–H groups in total. The predicted molar refractivity (Wildman–Crippen MR) is 171 cm³/mol. The summed E-state index contributed by atoms with van der Waals surface area (Å²) >= 11 is 0. The van der Waals surface area contributed by atoms with Gasteiger partial charge in [0.15, 0.2) is 29.0 Å². The van der Waals surface area contributed by atoms with Crippen LogP contribution in [0.25, 0.3) is 0 Å². The van der Waals surface area contributed by atoms with E-state index in [1.807, 2.05) is 24.3 Å². The molecule has 236 valence electrons. The molecule has 3 aliphatic heterocycles. The standard InChI is InChI=1S/C31H47N3O7Si2/c1-30(2,3)42(7,8)40-24-22(23-25(38-23)27(36)33-17-15-19-13-11-12-14-20(19)33)39-28(34-18-16-21(35)32-29(34)37)26(24)41-43(9,10)31(4,5)6/h11-14,16,18,22-26,28H,15,17H2,1-10H3,(H,32,35,37)/t22-,23+,24-,25-,26-,28-/m1/s1. The molecule has 12 heteroatoms. The highest BCUT2D eigenvalue weighted by atomic mass is 28.4. The Morgan fingerprint density at radius 2 is 1.49 bits per heavy atom. The van der Waals surface area contributed by atoms with Crippen LogP contribution in [0.2, 0.25) is 36.3 Å². The fraction of sp³-hybridized carbons (Fsp3) is 0.645. The molecule has 2 saturated heterocycles. The molecule has 2 fully saturated rings. The fourth-order valence-corrected chi connectivity index (χ4v) is 7.95. The summed E-state index contributed by atoms with van der Waals surface area (Å²) in [5, 5.41) is -0.254. The Labute approximate surface area is 255 Å². The molecule has 0 radical (unpaired) electrons. The number of rotatable bonds is 7. The van der Waals surface area contributed by atoms with Crippen molar-refractivity contribution in [2.75, 3.05) is 11.4 Å². The first-order valence-electron chi connectivity index (χ1n) is 15.2. The van der Waals surface area contributed by atoms with Crippen LogP contribution in [-0.2, 0) is 29.5 Å². The fourth-order valence-electron chi connectivity index (χ4n) is 5.37. The van der Waals surface area contributed by atoms with Gasteiger partial charge in [0.1, 0.15) is 24.4 Å². The van der Waals surface area contributed by atoms with E-state index in [1.54, 1.807) is 4.90 Å². The van der Waals surface area contributed by atoms with Gasteiger partial charge < -0.3 is 23.2 Å². The number of H-pyrrole nitrogens is 1. The minimum absolute atomic E-state index is 0.101. The van der Waals surface area contributed by atoms with E-state index in [9.17, 15) is 14.4 Å². The van der Waals surface area contributed by atoms with Gasteiger partial charge in [-0.15, -0.1) is 0 Å². The maximum Gasteiger partial charge on any atom is 0.330 e. The van der Waals surface area contributed by atoms with E-state index in [-0.39, 0.29) is 16.0 Å². The molecule has 5 rings (SSSR count). The van der Waals surface area contributed by atoms with Gasteiger partial charge in [-0.1, -0.05) is 59.7 Å². The third-order valence-electron chi connectivity index (χ3n) is 10.1. The third kappa shape index (κ3) is 6.01. The minimum Gasteiger partial charge on any atom is -0.408 e. The van der Waals surface area contributed by atoms with Gasteiger partial charge in [-0.2, -0.15) is 0 Å². The first-order valence-corrected chi connectivity index (χ1v) is 21.0. The lowest BCUT2D eigenvalue weighted by atomic mass is 10.1. The summed E-state index contributed by atoms with van der Waals surface area (Å²) in [5.41, 5.74) is 0.976. The number of benzene rings is 1. The molecule has 0 spiro atoms. The largest absolute Gasteiger partial charge is 0.408 e. The molecular formula is C31H47N3O7Si2. The summed E-state index contributed by atoms with van der Waals surface area (Å²) in [4.78, 5) is 43.0. The van der Waals surface area contributed by atoms with Gasteiger partial charge in [0.05, 0.1) is 0 Å². The lowest BCUT2D eigenvalue weighted by Gasteiger charge is -2.44. The van der Waals surface area contributed by atoms with Gasteiger partial charge in [0.2, 0.25) is 0 Å². The zero-order valence-electron chi connectivity index (χ0n) is 27.1. The average Bonchev–Trinajstić information content (AvgIpc) is 3.45. The Hall–Kier alpha value is -2.36. The maximum atomic E-state index is 13.8. The highest BCUT2D eigenvalue weighted by Crippen LogP contribution is 2.48. The Balaban J connectivity index is 1.53. The van der Waals surface area contributed by atoms with Gasteiger partial charge in [-0.25, -0.2) is 4.79 Å². The topological polar surface area (TPSA) is 115 Å². The number of carbonyl (C=O) groups excluding carboxylic acids is 1. The number of anilines is 1. The maximum absolute atomic E-state index is 13.8. The van der Waals surface area contributed by atoms with Crippen molar-refractivity contribution in [2.45, 2.75) is 121 Å². The molecule has 43 heavy (non-hydrogen) atoms. The minimum atomic E-state index is -2.43. The summed E-state index contributed by atoms with van der Waals surface area (Å²) in [6, 6.07) is 9.24. The van der Waals surface area contributed by atoms with E-state index >= 15 is 0 Å². The molecule has 10 nitrogen and oxygen atoms in total. The van der Waals surface area contributed by atoms with Crippen LogP contribution < -0.4 is 16.1 Å². The van der Waals surface area contributed by atoms with Gasteiger partial charge in [-0.05, 0) is 54.3 Å². The van der Waals surface area contributed by atoms with Crippen molar-refractivity contribution in [1.29, 1.82) is 0 Å². The van der Waals surface area contributed by atoms with Crippen molar-refractivity contribution in [1.82, 2.24) is 9.55 Å². The first-order chi connectivity index (χ1) is 19.8. The molecule has 4 heterocycles. The number of ether oxygens (including phenoxy) is 2. The molecule has 0 aliphatic carbocycles. The number of para-hydroxylation sites is 1. The van der Waals surface area contributed by atoms with Crippen molar-refractivity contribution >= 4 is 28.2 Å². The van der Waals surface area contributed by atoms with Crippen LogP contribution in [0.1, 0.15) is 53.3 Å². The zero-order chi connectivity index (χ0) is 31.7. The van der Waals surface area contributed by atoms with Crippen molar-refractivity contribution < 1.29 is 23.1 Å². The number of fused-ring (bicyclic) bond motifs is 1. The SMILES string of the molecule is CC(C)(C)[Si](C)(C)O[C@@H]1[C@@H]([C@@H]2O[C@H]2C(=O)N2CCc3ccccc32)O[C@@H](n2ccc(=O)[nH]c2=O)[C@@H]1O[Si](C)(C)C(C)(C)C. The normalized spacial score (nSPS) is 27.8. The molecule has 1 amide bonds. The second kappa shape index (κ2) is 10.9. The summed E-state index contributed by atoms with van der Waals surface area (Å²) < 4.78 is 28.3. The lowest BCUT2D eigenvalue weighted by Crippen LogP contribution is -2.54. The van der Waals surface area contributed by atoms with Gasteiger partial charge in [-0.3, -0.25) is 19.1 Å².